The second-order valence-corrected chi connectivity index (χ2v) is 9.09. The van der Waals surface area contributed by atoms with Gasteiger partial charge in [0.1, 0.15) is 5.82 Å². The molecule has 0 bridgehead atoms. The summed E-state index contributed by atoms with van der Waals surface area (Å²) in [6, 6.07) is 17.9. The molecule has 0 radical (unpaired) electrons. The molecule has 3 aromatic rings. The van der Waals surface area contributed by atoms with Crippen molar-refractivity contribution in [2.45, 2.75) is 50.4 Å². The molecule has 1 amide bonds. The number of amides is 1. The van der Waals surface area contributed by atoms with Gasteiger partial charge in [-0.2, -0.15) is 0 Å². The first-order valence-corrected chi connectivity index (χ1v) is 10.2. The Morgan fingerprint density at radius 1 is 1.04 bits per heavy atom. The van der Waals surface area contributed by atoms with Crippen LogP contribution in [-0.2, 0) is 10.2 Å². The van der Waals surface area contributed by atoms with Crippen molar-refractivity contribution in [3.63, 3.8) is 0 Å². The van der Waals surface area contributed by atoms with E-state index >= 15 is 0 Å². The molecule has 0 aliphatic carbocycles. The van der Waals surface area contributed by atoms with Crippen LogP contribution in [-0.4, -0.2) is 25.9 Å². The van der Waals surface area contributed by atoms with E-state index in [2.05, 4.69) is 48.4 Å². The third kappa shape index (κ3) is 4.62. The highest BCUT2D eigenvalue weighted by Crippen LogP contribution is 2.27. The molecule has 3 rings (SSSR count). The average molecular weight is 395 g/mol. The van der Waals surface area contributed by atoms with E-state index in [1.807, 2.05) is 60.9 Å². The highest BCUT2D eigenvalue weighted by atomic mass is 32.2. The van der Waals surface area contributed by atoms with Crippen LogP contribution in [0.5, 0.6) is 0 Å². The van der Waals surface area contributed by atoms with Gasteiger partial charge in [-0.05, 0) is 49.1 Å². The van der Waals surface area contributed by atoms with E-state index in [-0.39, 0.29) is 16.6 Å². The number of hydrogen-bond donors (Lipinski definition) is 1. The predicted molar refractivity (Wildman–Crippen MR) is 115 cm³/mol. The van der Waals surface area contributed by atoms with Crippen LogP contribution in [0.2, 0.25) is 0 Å². The molecule has 0 aliphatic heterocycles. The zero-order valence-electron chi connectivity index (χ0n) is 16.9. The van der Waals surface area contributed by atoms with Crippen LogP contribution in [0.4, 0.5) is 5.69 Å². The average Bonchev–Trinajstić information content (AvgIpc) is 3.02. The van der Waals surface area contributed by atoms with E-state index in [1.54, 1.807) is 0 Å². The van der Waals surface area contributed by atoms with E-state index in [0.29, 0.717) is 5.16 Å². The summed E-state index contributed by atoms with van der Waals surface area (Å²) in [5, 5.41) is 11.8. The lowest BCUT2D eigenvalue weighted by Gasteiger charge is -2.19. The van der Waals surface area contributed by atoms with Crippen LogP contribution in [0, 0.1) is 6.92 Å². The lowest BCUT2D eigenvalue weighted by atomic mass is 9.87. The summed E-state index contributed by atoms with van der Waals surface area (Å²) in [6.07, 6.45) is 0. The third-order valence-corrected chi connectivity index (χ3v) is 5.52. The smallest absolute Gasteiger partial charge is 0.237 e. The Bertz CT molecular complexity index is 943. The first-order valence-electron chi connectivity index (χ1n) is 9.31. The molecule has 5 nitrogen and oxygen atoms in total. The molecule has 1 unspecified atom stereocenters. The number of thioether (sulfide) groups is 1. The molecule has 1 N–H and O–H groups in total. The van der Waals surface area contributed by atoms with Crippen LogP contribution in [0.3, 0.4) is 0 Å². The summed E-state index contributed by atoms with van der Waals surface area (Å²) in [7, 11) is 0. The second-order valence-electron chi connectivity index (χ2n) is 7.78. The number of rotatable bonds is 5. The number of anilines is 1. The fraction of sp³-hybridized carbons (Fsp3) is 0.318. The molecule has 1 heterocycles. The number of hydrogen-bond acceptors (Lipinski definition) is 4. The minimum Gasteiger partial charge on any atom is -0.325 e. The van der Waals surface area contributed by atoms with Gasteiger partial charge in [0.2, 0.25) is 5.91 Å². The summed E-state index contributed by atoms with van der Waals surface area (Å²) in [6.45, 7) is 10.3. The van der Waals surface area contributed by atoms with Gasteiger partial charge in [-0.25, -0.2) is 0 Å². The van der Waals surface area contributed by atoms with E-state index < -0.39 is 0 Å². The first-order chi connectivity index (χ1) is 13.3. The topological polar surface area (TPSA) is 59.8 Å². The van der Waals surface area contributed by atoms with Crippen LogP contribution < -0.4 is 5.32 Å². The van der Waals surface area contributed by atoms with Gasteiger partial charge in [-0.3, -0.25) is 9.36 Å². The minimum atomic E-state index is -0.312. The molecule has 0 saturated carbocycles. The van der Waals surface area contributed by atoms with Crippen LogP contribution in [0.1, 0.15) is 39.1 Å². The van der Waals surface area contributed by atoms with Gasteiger partial charge >= 0.3 is 0 Å². The van der Waals surface area contributed by atoms with Gasteiger partial charge in [0.15, 0.2) is 5.16 Å². The molecule has 146 valence electrons. The quantitative estimate of drug-likeness (QED) is 0.619. The number of benzene rings is 2. The Labute approximate surface area is 170 Å². The molecule has 0 aliphatic rings. The van der Waals surface area contributed by atoms with Gasteiger partial charge in [0.25, 0.3) is 0 Å². The molecule has 0 saturated heterocycles. The largest absolute Gasteiger partial charge is 0.325 e. The highest BCUT2D eigenvalue weighted by Gasteiger charge is 2.20. The first kappa shape index (κ1) is 20.1. The van der Waals surface area contributed by atoms with Crippen molar-refractivity contribution in [3.05, 3.63) is 66.0 Å². The number of carbonyl (C=O) groups is 1. The van der Waals surface area contributed by atoms with Crippen molar-refractivity contribution in [2.75, 3.05) is 5.32 Å². The molecule has 1 atom stereocenters. The summed E-state index contributed by atoms with van der Waals surface area (Å²) >= 11 is 1.40. The van der Waals surface area contributed by atoms with Crippen LogP contribution >= 0.6 is 11.8 Å². The van der Waals surface area contributed by atoms with Crippen molar-refractivity contribution >= 4 is 23.4 Å². The summed E-state index contributed by atoms with van der Waals surface area (Å²) < 4.78 is 1.96. The number of carbonyl (C=O) groups excluding carboxylic acids is 1. The van der Waals surface area contributed by atoms with Crippen LogP contribution in [0.15, 0.2) is 59.8 Å². The van der Waals surface area contributed by atoms with Crippen LogP contribution in [0.25, 0.3) is 5.69 Å². The Morgan fingerprint density at radius 3 is 2.29 bits per heavy atom. The lowest BCUT2D eigenvalue weighted by molar-refractivity contribution is -0.115. The molecule has 0 fully saturated rings. The Balaban J connectivity index is 1.70. The lowest BCUT2D eigenvalue weighted by Crippen LogP contribution is -2.23. The summed E-state index contributed by atoms with van der Waals surface area (Å²) in [5.74, 6) is 0.729. The third-order valence-electron chi connectivity index (χ3n) is 4.48. The fourth-order valence-electron chi connectivity index (χ4n) is 2.80. The highest BCUT2D eigenvalue weighted by molar-refractivity contribution is 8.00. The summed E-state index contributed by atoms with van der Waals surface area (Å²) in [4.78, 5) is 12.7. The van der Waals surface area contributed by atoms with Crippen molar-refractivity contribution < 1.29 is 4.79 Å². The van der Waals surface area contributed by atoms with Crippen molar-refractivity contribution in [3.8, 4) is 5.69 Å². The van der Waals surface area contributed by atoms with Crippen molar-refractivity contribution in [2.24, 2.45) is 0 Å². The molecule has 0 spiro atoms. The maximum absolute atomic E-state index is 12.7. The van der Waals surface area contributed by atoms with E-state index in [9.17, 15) is 4.79 Å². The Morgan fingerprint density at radius 2 is 1.68 bits per heavy atom. The van der Waals surface area contributed by atoms with Crippen molar-refractivity contribution in [1.82, 2.24) is 14.8 Å². The van der Waals surface area contributed by atoms with E-state index in [1.165, 1.54) is 17.3 Å². The molecule has 1 aromatic heterocycles. The fourth-order valence-corrected chi connectivity index (χ4v) is 3.72. The molecular formula is C22H26N4OS. The molecule has 6 heteroatoms. The van der Waals surface area contributed by atoms with E-state index in [4.69, 9.17) is 0 Å². The Kier molecular flexibility index (Phi) is 5.89. The van der Waals surface area contributed by atoms with E-state index in [0.717, 1.165) is 17.2 Å². The number of aryl methyl sites for hydroxylation is 1. The number of nitrogens with zero attached hydrogens (tertiary/aromatic N) is 3. The molecule has 28 heavy (non-hydrogen) atoms. The van der Waals surface area contributed by atoms with Gasteiger partial charge in [0, 0.05) is 11.4 Å². The molecule has 2 aromatic carbocycles. The van der Waals surface area contributed by atoms with Crippen molar-refractivity contribution in [1.29, 1.82) is 0 Å². The second kappa shape index (κ2) is 8.19. The Hall–Kier alpha value is -2.60. The maximum atomic E-state index is 12.7. The number of nitrogens with one attached hydrogen (secondary N) is 1. The zero-order chi connectivity index (χ0) is 20.3. The number of aromatic nitrogens is 3. The molecular weight excluding hydrogens is 368 g/mol. The predicted octanol–water partition coefficient (Wildman–Crippen LogP) is 4.99. The van der Waals surface area contributed by atoms with Gasteiger partial charge in [-0.15, -0.1) is 10.2 Å². The summed E-state index contributed by atoms with van der Waals surface area (Å²) in [5.41, 5.74) is 3.11. The number of para-hydroxylation sites is 1. The maximum Gasteiger partial charge on any atom is 0.237 e. The monoisotopic (exact) mass is 394 g/mol. The standard InChI is InChI=1S/C22H26N4OS/c1-15(20(27)23-18-13-11-17(12-14-18)22(3,4)5)28-21-25-24-16(2)26(21)19-9-7-6-8-10-19/h6-15H,1-5H3,(H,23,27). The van der Waals surface area contributed by atoms with Gasteiger partial charge in [0.05, 0.1) is 5.25 Å². The van der Waals surface area contributed by atoms with Gasteiger partial charge < -0.3 is 5.32 Å². The van der Waals surface area contributed by atoms with Gasteiger partial charge in [-0.1, -0.05) is 62.9 Å². The minimum absolute atomic E-state index is 0.0613. The zero-order valence-corrected chi connectivity index (χ0v) is 17.7. The SMILES string of the molecule is Cc1nnc(SC(C)C(=O)Nc2ccc(C(C)(C)C)cc2)n1-c1ccccc1. The normalized spacial score (nSPS) is 12.6.